The van der Waals surface area contributed by atoms with Crippen molar-refractivity contribution in [2.45, 2.75) is 70.9 Å². The van der Waals surface area contributed by atoms with Gasteiger partial charge in [-0.3, -0.25) is 0 Å². The Morgan fingerprint density at radius 1 is 1.24 bits per heavy atom. The van der Waals surface area contributed by atoms with Crippen LogP contribution in [-0.2, 0) is 12.8 Å². The summed E-state index contributed by atoms with van der Waals surface area (Å²) in [7, 11) is 0. The van der Waals surface area contributed by atoms with E-state index < -0.39 is 6.10 Å². The lowest BCUT2D eigenvalue weighted by atomic mass is 9.99. The predicted molar refractivity (Wildman–Crippen MR) is 89.5 cm³/mol. The Morgan fingerprint density at radius 3 is 2.67 bits per heavy atom. The first-order valence-corrected chi connectivity index (χ1v) is 8.99. The van der Waals surface area contributed by atoms with Gasteiger partial charge in [0.05, 0.1) is 0 Å². The van der Waals surface area contributed by atoms with E-state index in [4.69, 9.17) is 4.74 Å². The molecule has 1 heterocycles. The molecular formula is C17H29NO2S. The number of aliphatic hydroxyl groups excluding tert-OH is 1. The molecule has 1 aromatic rings. The van der Waals surface area contributed by atoms with E-state index in [1.54, 1.807) is 0 Å². The number of rotatable bonds is 5. The normalized spacial score (nSPS) is 17.7. The number of ether oxygens (including phenoxy) is 1. The summed E-state index contributed by atoms with van der Waals surface area (Å²) in [5, 5.41) is 15.5. The first-order valence-electron chi connectivity index (χ1n) is 8.11. The molecule has 4 heteroatoms. The Kier molecular flexibility index (Phi) is 6.08. The molecule has 1 atom stereocenters. The molecule has 0 aromatic carbocycles. The Morgan fingerprint density at radius 2 is 1.95 bits per heavy atom. The number of nitrogens with one attached hydrogen (secondary N) is 1. The molecule has 0 radical (unpaired) electrons. The lowest BCUT2D eigenvalue weighted by Gasteiger charge is -2.23. The Bertz CT molecular complexity index is 436. The van der Waals surface area contributed by atoms with Crippen LogP contribution in [0.4, 0.5) is 0 Å². The van der Waals surface area contributed by atoms with Crippen molar-refractivity contribution in [3.05, 3.63) is 15.8 Å². The van der Waals surface area contributed by atoms with Crippen molar-refractivity contribution in [1.29, 1.82) is 0 Å². The van der Waals surface area contributed by atoms with E-state index in [-0.39, 0.29) is 5.54 Å². The average molecular weight is 311 g/mol. The quantitative estimate of drug-likeness (QED) is 0.874. The van der Waals surface area contributed by atoms with Crippen LogP contribution < -0.4 is 10.1 Å². The first kappa shape index (κ1) is 16.8. The minimum atomic E-state index is -0.465. The van der Waals surface area contributed by atoms with Gasteiger partial charge in [0.2, 0.25) is 0 Å². The van der Waals surface area contributed by atoms with Crippen molar-refractivity contribution >= 4 is 11.3 Å². The molecule has 3 nitrogen and oxygen atoms in total. The maximum Gasteiger partial charge on any atom is 0.133 e. The Hall–Kier alpha value is -0.580. The SMILES string of the molecule is CC(C)(C)NCC(O)COc1csc2c1CCCCCC2. The van der Waals surface area contributed by atoms with Crippen LogP contribution in [0.5, 0.6) is 5.75 Å². The first-order chi connectivity index (χ1) is 9.96. The van der Waals surface area contributed by atoms with Gasteiger partial charge >= 0.3 is 0 Å². The van der Waals surface area contributed by atoms with E-state index in [1.807, 2.05) is 11.3 Å². The molecule has 2 N–H and O–H groups in total. The summed E-state index contributed by atoms with van der Waals surface area (Å²) in [6.45, 7) is 7.23. The Balaban J connectivity index is 1.85. The van der Waals surface area contributed by atoms with Gasteiger partial charge in [0.1, 0.15) is 18.5 Å². The molecular weight excluding hydrogens is 282 g/mol. The zero-order chi connectivity index (χ0) is 15.3. The van der Waals surface area contributed by atoms with Crippen LogP contribution in [0.2, 0.25) is 0 Å². The summed E-state index contributed by atoms with van der Waals surface area (Å²) < 4.78 is 5.89. The molecule has 1 unspecified atom stereocenters. The molecule has 0 fully saturated rings. The van der Waals surface area contributed by atoms with Crippen LogP contribution in [0.15, 0.2) is 5.38 Å². The molecule has 21 heavy (non-hydrogen) atoms. The highest BCUT2D eigenvalue weighted by Gasteiger charge is 2.17. The average Bonchev–Trinajstić information content (AvgIpc) is 2.74. The van der Waals surface area contributed by atoms with Crippen molar-refractivity contribution in [2.75, 3.05) is 13.2 Å². The van der Waals surface area contributed by atoms with E-state index >= 15 is 0 Å². The molecule has 120 valence electrons. The minimum Gasteiger partial charge on any atom is -0.490 e. The third-order valence-corrected chi connectivity index (χ3v) is 4.89. The standard InChI is InChI=1S/C17H29NO2S/c1-17(2,3)18-10-13(19)11-20-15-12-21-16-9-7-5-4-6-8-14(15)16/h12-13,18-19H,4-11H2,1-3H3. The molecule has 0 spiro atoms. The summed E-state index contributed by atoms with van der Waals surface area (Å²) >= 11 is 1.82. The van der Waals surface area contributed by atoms with Gasteiger partial charge in [-0.15, -0.1) is 11.3 Å². The lowest BCUT2D eigenvalue weighted by Crippen LogP contribution is -2.42. The van der Waals surface area contributed by atoms with Gasteiger partial charge in [-0.05, 0) is 46.5 Å². The van der Waals surface area contributed by atoms with Crippen molar-refractivity contribution in [2.24, 2.45) is 0 Å². The monoisotopic (exact) mass is 311 g/mol. The fraction of sp³-hybridized carbons (Fsp3) is 0.765. The second-order valence-corrected chi connectivity index (χ2v) is 7.98. The molecule has 0 aliphatic heterocycles. The molecule has 1 aromatic heterocycles. The number of β-amino-alcohol motifs (C(OH)–C–C–N with tert-alkyl or cyclic N) is 1. The number of aliphatic hydroxyl groups is 1. The third-order valence-electron chi connectivity index (χ3n) is 3.82. The van der Waals surface area contributed by atoms with Gasteiger partial charge in [0.25, 0.3) is 0 Å². The highest BCUT2D eigenvalue weighted by molar-refractivity contribution is 7.10. The van der Waals surface area contributed by atoms with E-state index in [2.05, 4.69) is 31.5 Å². The van der Waals surface area contributed by atoms with Gasteiger partial charge in [0, 0.05) is 27.9 Å². The molecule has 0 saturated heterocycles. The molecule has 1 aliphatic carbocycles. The number of fused-ring (bicyclic) bond motifs is 1. The largest absolute Gasteiger partial charge is 0.490 e. The number of hydrogen-bond acceptors (Lipinski definition) is 4. The van der Waals surface area contributed by atoms with E-state index in [9.17, 15) is 5.11 Å². The number of thiophene rings is 1. The van der Waals surface area contributed by atoms with Gasteiger partial charge in [-0.1, -0.05) is 12.8 Å². The predicted octanol–water partition coefficient (Wildman–Crippen LogP) is 3.53. The number of aryl methyl sites for hydroxylation is 1. The van der Waals surface area contributed by atoms with Crippen LogP contribution in [0.1, 0.15) is 56.9 Å². The smallest absolute Gasteiger partial charge is 0.133 e. The second kappa shape index (κ2) is 7.61. The van der Waals surface area contributed by atoms with E-state index in [0.29, 0.717) is 13.2 Å². The highest BCUT2D eigenvalue weighted by Crippen LogP contribution is 2.34. The van der Waals surface area contributed by atoms with Crippen LogP contribution in [0, 0.1) is 0 Å². The second-order valence-electron chi connectivity index (χ2n) is 7.01. The molecule has 0 saturated carbocycles. The van der Waals surface area contributed by atoms with Gasteiger partial charge < -0.3 is 15.2 Å². The van der Waals surface area contributed by atoms with E-state index in [0.717, 1.165) is 12.2 Å². The topological polar surface area (TPSA) is 41.5 Å². The number of hydrogen-bond donors (Lipinski definition) is 2. The zero-order valence-electron chi connectivity index (χ0n) is 13.6. The zero-order valence-corrected chi connectivity index (χ0v) is 14.4. The summed E-state index contributed by atoms with van der Waals surface area (Å²) in [5.41, 5.74) is 1.43. The molecule has 0 bridgehead atoms. The van der Waals surface area contributed by atoms with Crippen molar-refractivity contribution in [3.8, 4) is 5.75 Å². The van der Waals surface area contributed by atoms with Crippen LogP contribution in [-0.4, -0.2) is 29.9 Å². The van der Waals surface area contributed by atoms with Crippen molar-refractivity contribution in [1.82, 2.24) is 5.32 Å². The fourth-order valence-corrected chi connectivity index (χ4v) is 3.67. The van der Waals surface area contributed by atoms with Gasteiger partial charge in [-0.2, -0.15) is 0 Å². The molecule has 2 rings (SSSR count). The van der Waals surface area contributed by atoms with Crippen molar-refractivity contribution < 1.29 is 9.84 Å². The lowest BCUT2D eigenvalue weighted by molar-refractivity contribution is 0.0997. The van der Waals surface area contributed by atoms with Crippen molar-refractivity contribution in [3.63, 3.8) is 0 Å². The summed E-state index contributed by atoms with van der Waals surface area (Å²) in [6, 6.07) is 0. The summed E-state index contributed by atoms with van der Waals surface area (Å²) in [5.74, 6) is 1.01. The maximum absolute atomic E-state index is 10.0. The van der Waals surface area contributed by atoms with E-state index in [1.165, 1.54) is 42.5 Å². The summed E-state index contributed by atoms with van der Waals surface area (Å²) in [4.78, 5) is 1.49. The maximum atomic E-state index is 10.0. The van der Waals surface area contributed by atoms with Crippen LogP contribution in [0.25, 0.3) is 0 Å². The van der Waals surface area contributed by atoms with Gasteiger partial charge in [0.15, 0.2) is 0 Å². The third kappa shape index (κ3) is 5.61. The molecule has 1 aliphatic rings. The van der Waals surface area contributed by atoms with Crippen LogP contribution >= 0.6 is 11.3 Å². The van der Waals surface area contributed by atoms with Gasteiger partial charge in [-0.25, -0.2) is 0 Å². The van der Waals surface area contributed by atoms with Crippen LogP contribution in [0.3, 0.4) is 0 Å². The fourth-order valence-electron chi connectivity index (χ4n) is 2.61. The highest BCUT2D eigenvalue weighted by atomic mass is 32.1. The Labute approximate surface area is 132 Å². The minimum absolute atomic E-state index is 0.0265. The summed E-state index contributed by atoms with van der Waals surface area (Å²) in [6.07, 6.45) is 7.09. The molecule has 0 amide bonds.